The summed E-state index contributed by atoms with van der Waals surface area (Å²) in [6, 6.07) is 3.18. The number of nitrogens with zero attached hydrogens (tertiary/aromatic N) is 1. The number of rotatable bonds is 8. The summed E-state index contributed by atoms with van der Waals surface area (Å²) in [6.07, 6.45) is 8.84. The predicted molar refractivity (Wildman–Crippen MR) is 86.1 cm³/mol. The minimum Gasteiger partial charge on any atom is -0.508 e. The molecule has 1 aliphatic carbocycles. The summed E-state index contributed by atoms with van der Waals surface area (Å²) < 4.78 is 0. The third kappa shape index (κ3) is 5.30. The van der Waals surface area contributed by atoms with Crippen molar-refractivity contribution in [2.75, 3.05) is 6.61 Å². The number of aryl methyl sites for hydroxylation is 1. The Hall–Kier alpha value is -1.98. The molecule has 1 fully saturated rings. The van der Waals surface area contributed by atoms with Crippen LogP contribution in [0.5, 0.6) is 11.5 Å². The fourth-order valence-electron chi connectivity index (χ4n) is 3.48. The average molecular weight is 323 g/mol. The number of phenols is 2. The summed E-state index contributed by atoms with van der Waals surface area (Å²) in [5, 5.41) is 29.3. The summed E-state index contributed by atoms with van der Waals surface area (Å²) in [6.45, 7) is 0.119. The van der Waals surface area contributed by atoms with Crippen LogP contribution in [0.4, 0.5) is 0 Å². The lowest BCUT2D eigenvalue weighted by Gasteiger charge is -2.25. The van der Waals surface area contributed by atoms with E-state index in [-0.39, 0.29) is 18.1 Å². The van der Waals surface area contributed by atoms with E-state index in [2.05, 4.69) is 4.84 Å². The minimum absolute atomic E-state index is 0.0914. The molecule has 6 heteroatoms. The first-order valence-electron chi connectivity index (χ1n) is 8.40. The maximum Gasteiger partial charge on any atom is 0.294 e. The van der Waals surface area contributed by atoms with Gasteiger partial charge in [-0.1, -0.05) is 25.7 Å². The molecule has 0 unspecified atom stereocenters. The fourth-order valence-corrected chi connectivity index (χ4v) is 3.48. The van der Waals surface area contributed by atoms with E-state index in [9.17, 15) is 20.3 Å². The first-order chi connectivity index (χ1) is 11.1. The highest BCUT2D eigenvalue weighted by atomic mass is 16.9. The van der Waals surface area contributed by atoms with Crippen molar-refractivity contribution >= 4 is 0 Å². The van der Waals surface area contributed by atoms with Crippen LogP contribution >= 0.6 is 0 Å². The van der Waals surface area contributed by atoms with Gasteiger partial charge in [-0.2, -0.15) is 0 Å². The van der Waals surface area contributed by atoms with Crippen molar-refractivity contribution in [1.29, 1.82) is 0 Å². The van der Waals surface area contributed by atoms with Crippen molar-refractivity contribution < 1.29 is 20.1 Å². The van der Waals surface area contributed by atoms with E-state index in [0.717, 1.165) is 43.2 Å². The van der Waals surface area contributed by atoms with Crippen molar-refractivity contribution in [2.24, 2.45) is 0 Å². The Morgan fingerprint density at radius 1 is 1.13 bits per heavy atom. The summed E-state index contributed by atoms with van der Waals surface area (Å²) in [5.41, 5.74) is 1.99. The fraction of sp³-hybridized carbons (Fsp3) is 0.647. The number of benzene rings is 1. The number of hydrogen-bond donors (Lipinski definition) is 2. The van der Waals surface area contributed by atoms with Crippen LogP contribution in [0.15, 0.2) is 12.1 Å². The molecule has 0 amide bonds. The topological polar surface area (TPSA) is 92.8 Å². The van der Waals surface area contributed by atoms with E-state index >= 15 is 0 Å². The average Bonchev–Trinajstić information content (AvgIpc) is 2.50. The van der Waals surface area contributed by atoms with Crippen LogP contribution in [-0.4, -0.2) is 21.9 Å². The van der Waals surface area contributed by atoms with Gasteiger partial charge < -0.3 is 15.1 Å². The molecular formula is C17H25NO5. The van der Waals surface area contributed by atoms with Gasteiger partial charge in [0.2, 0.25) is 0 Å². The monoisotopic (exact) mass is 323 g/mol. The van der Waals surface area contributed by atoms with Crippen LogP contribution in [0.1, 0.15) is 68.4 Å². The van der Waals surface area contributed by atoms with Crippen LogP contribution in [-0.2, 0) is 11.3 Å². The van der Waals surface area contributed by atoms with Crippen LogP contribution in [0.2, 0.25) is 0 Å². The van der Waals surface area contributed by atoms with Crippen molar-refractivity contribution in [3.8, 4) is 11.5 Å². The van der Waals surface area contributed by atoms with Crippen LogP contribution in [0.3, 0.4) is 0 Å². The molecule has 1 aromatic carbocycles. The minimum atomic E-state index is -0.769. The maximum absolute atomic E-state index is 10.3. The van der Waals surface area contributed by atoms with Crippen LogP contribution in [0, 0.1) is 10.1 Å². The normalized spacial score (nSPS) is 15.5. The van der Waals surface area contributed by atoms with Gasteiger partial charge in [0.1, 0.15) is 11.5 Å². The predicted octanol–water partition coefficient (Wildman–Crippen LogP) is 4.07. The van der Waals surface area contributed by atoms with Gasteiger partial charge >= 0.3 is 0 Å². The molecule has 0 aliphatic heterocycles. The van der Waals surface area contributed by atoms with Crippen molar-refractivity contribution in [2.45, 2.75) is 63.7 Å². The largest absolute Gasteiger partial charge is 0.508 e. The van der Waals surface area contributed by atoms with Crippen LogP contribution < -0.4 is 0 Å². The highest BCUT2D eigenvalue weighted by Gasteiger charge is 2.22. The zero-order valence-electron chi connectivity index (χ0n) is 13.4. The molecular weight excluding hydrogens is 298 g/mol. The molecule has 23 heavy (non-hydrogen) atoms. The SMILES string of the molecule is O=[N+]([O-])OCCCCCc1cc(O)cc(O)c1C1CCCCC1. The second-order valence-electron chi connectivity index (χ2n) is 6.24. The Morgan fingerprint density at radius 3 is 2.57 bits per heavy atom. The quantitative estimate of drug-likeness (QED) is 0.427. The van der Waals surface area contributed by atoms with Crippen molar-refractivity contribution in [3.63, 3.8) is 0 Å². The zero-order valence-corrected chi connectivity index (χ0v) is 13.4. The van der Waals surface area contributed by atoms with Gasteiger partial charge in [0.15, 0.2) is 0 Å². The highest BCUT2D eigenvalue weighted by Crippen LogP contribution is 2.41. The first kappa shape index (κ1) is 17.4. The Balaban J connectivity index is 1.95. The Bertz CT molecular complexity index is 526. The van der Waals surface area contributed by atoms with Gasteiger partial charge in [-0.05, 0) is 49.7 Å². The number of hydrogen-bond acceptors (Lipinski definition) is 5. The van der Waals surface area contributed by atoms with E-state index in [1.54, 1.807) is 6.07 Å². The smallest absolute Gasteiger partial charge is 0.294 e. The molecule has 0 spiro atoms. The zero-order chi connectivity index (χ0) is 16.7. The van der Waals surface area contributed by atoms with Crippen molar-refractivity contribution in [1.82, 2.24) is 0 Å². The third-order valence-corrected chi connectivity index (χ3v) is 4.53. The number of unbranched alkanes of at least 4 members (excludes halogenated alkanes) is 2. The molecule has 1 aromatic rings. The number of aromatic hydroxyl groups is 2. The second-order valence-corrected chi connectivity index (χ2v) is 6.24. The van der Waals surface area contributed by atoms with E-state index in [1.807, 2.05) is 0 Å². The van der Waals surface area contributed by atoms with Gasteiger partial charge in [-0.15, -0.1) is 10.1 Å². The van der Waals surface area contributed by atoms with Gasteiger partial charge in [-0.25, -0.2) is 0 Å². The summed E-state index contributed by atoms with van der Waals surface area (Å²) in [5.74, 6) is 0.662. The molecule has 0 bridgehead atoms. The first-order valence-corrected chi connectivity index (χ1v) is 8.40. The molecule has 2 rings (SSSR count). The summed E-state index contributed by atoms with van der Waals surface area (Å²) >= 11 is 0. The van der Waals surface area contributed by atoms with E-state index in [0.29, 0.717) is 12.3 Å². The molecule has 1 saturated carbocycles. The Kier molecular flexibility index (Phi) is 6.50. The Morgan fingerprint density at radius 2 is 1.87 bits per heavy atom. The molecule has 2 N–H and O–H groups in total. The maximum atomic E-state index is 10.3. The van der Waals surface area contributed by atoms with Crippen molar-refractivity contribution in [3.05, 3.63) is 33.4 Å². The standard InChI is InChI=1S/C17H25NO5/c19-15-11-14(9-5-2-6-10-23-18(21)22)17(16(20)12-15)13-7-3-1-4-8-13/h11-13,19-20H,1-10H2. The van der Waals surface area contributed by atoms with Gasteiger partial charge in [0.25, 0.3) is 5.09 Å². The molecule has 0 saturated heterocycles. The molecule has 6 nitrogen and oxygen atoms in total. The molecule has 0 aromatic heterocycles. The molecule has 0 radical (unpaired) electrons. The van der Waals surface area contributed by atoms with Gasteiger partial charge in [0, 0.05) is 11.6 Å². The van der Waals surface area contributed by atoms with Gasteiger partial charge in [0.05, 0.1) is 6.61 Å². The lowest BCUT2D eigenvalue weighted by molar-refractivity contribution is -0.757. The third-order valence-electron chi connectivity index (χ3n) is 4.53. The molecule has 0 atom stereocenters. The molecule has 0 heterocycles. The summed E-state index contributed by atoms with van der Waals surface area (Å²) in [7, 11) is 0. The van der Waals surface area contributed by atoms with E-state index < -0.39 is 5.09 Å². The van der Waals surface area contributed by atoms with E-state index in [1.165, 1.54) is 25.3 Å². The lowest BCUT2D eigenvalue weighted by Crippen LogP contribution is -2.08. The summed E-state index contributed by atoms with van der Waals surface area (Å²) in [4.78, 5) is 14.4. The Labute approximate surface area is 136 Å². The highest BCUT2D eigenvalue weighted by molar-refractivity contribution is 5.47. The number of phenolic OH excluding ortho intramolecular Hbond substituents is 2. The van der Waals surface area contributed by atoms with Crippen LogP contribution in [0.25, 0.3) is 0 Å². The lowest BCUT2D eigenvalue weighted by atomic mass is 9.80. The van der Waals surface area contributed by atoms with E-state index in [4.69, 9.17) is 0 Å². The second kappa shape index (κ2) is 8.60. The molecule has 128 valence electrons. The van der Waals surface area contributed by atoms with Gasteiger partial charge in [-0.3, -0.25) is 0 Å². The molecule has 1 aliphatic rings.